The number of carbonyl (C=O) groups is 2. The molecule has 2 aliphatic rings. The second-order valence-corrected chi connectivity index (χ2v) is 16.3. The lowest BCUT2D eigenvalue weighted by Crippen LogP contribution is -2.48. The van der Waals surface area contributed by atoms with Gasteiger partial charge in [-0.05, 0) is 124 Å². The van der Waals surface area contributed by atoms with Gasteiger partial charge < -0.3 is 19.6 Å². The smallest absolute Gasteiger partial charge is 0.246 e. The lowest BCUT2D eigenvalue weighted by molar-refractivity contribution is -0.126. The summed E-state index contributed by atoms with van der Waals surface area (Å²) in [7, 11) is 0. The zero-order chi connectivity index (χ0) is 49.7. The number of hydrogen-bond acceptors (Lipinski definition) is 9. The summed E-state index contributed by atoms with van der Waals surface area (Å²) in [5.41, 5.74) is 1.44. The van der Waals surface area contributed by atoms with E-state index in [2.05, 4.69) is 63.7 Å². The number of nitrogens with zero attached hydrogens (tertiary/aromatic N) is 8. The molecule has 2 aromatic heterocycles. The number of carbonyl (C=O) groups excluding carboxylic acids is 2. The monoisotopic (exact) mass is 960 g/mol. The second kappa shape index (κ2) is 24.6. The molecule has 1 amide bonds. The number of benzene rings is 4. The van der Waals surface area contributed by atoms with Gasteiger partial charge in [-0.2, -0.15) is 0 Å². The van der Waals surface area contributed by atoms with Gasteiger partial charge >= 0.3 is 0 Å². The van der Waals surface area contributed by atoms with Crippen LogP contribution in [0.1, 0.15) is 51.2 Å². The molecule has 2 aliphatic heterocycles. The van der Waals surface area contributed by atoms with Crippen LogP contribution >= 0.6 is 11.6 Å². The molecule has 0 aliphatic carbocycles. The van der Waals surface area contributed by atoms with Gasteiger partial charge in [0.05, 0.1) is 0 Å². The van der Waals surface area contributed by atoms with Gasteiger partial charge in [-0.25, -0.2) is 46.3 Å². The lowest BCUT2D eigenvalue weighted by atomic mass is 9.96. The average molecular weight is 961 g/mol. The molecule has 17 heteroatoms. The van der Waals surface area contributed by atoms with Gasteiger partial charge in [0.25, 0.3) is 0 Å². The van der Waals surface area contributed by atoms with Crippen molar-refractivity contribution in [2.24, 2.45) is 0 Å². The number of aryl methyl sites for hydroxylation is 2. The van der Waals surface area contributed by atoms with Crippen molar-refractivity contribution < 1.29 is 35.9 Å². The molecular formula is C51H55ClF6N8O2. The number of fused-ring (bicyclic) bond motifs is 2. The third-order valence-electron chi connectivity index (χ3n) is 11.7. The SMILES string of the molecule is C=CC(=O)Cl.C=CC(=O)N1CCN(c2ncnc3c(F)c(-c4ccc(F)cc4F)c(C)cc23)CC1.CCN(CC)CC.Cc1cc2c(N3CCCCC3)ncnc2c(F)c1-c1ccc(F)cc1F. The summed E-state index contributed by atoms with van der Waals surface area (Å²) in [5, 5.41) is 0.614. The van der Waals surface area contributed by atoms with E-state index < -0.39 is 40.1 Å². The number of rotatable bonds is 9. The number of piperazine rings is 1. The molecule has 0 radical (unpaired) electrons. The Morgan fingerprint density at radius 3 is 1.38 bits per heavy atom. The maximum Gasteiger partial charge on any atom is 0.246 e. The highest BCUT2D eigenvalue weighted by atomic mass is 35.5. The van der Waals surface area contributed by atoms with Crippen LogP contribution in [0.25, 0.3) is 44.1 Å². The summed E-state index contributed by atoms with van der Waals surface area (Å²) in [6.45, 7) is 23.9. The molecule has 2 fully saturated rings. The van der Waals surface area contributed by atoms with E-state index in [0.717, 1.165) is 56.3 Å². The summed E-state index contributed by atoms with van der Waals surface area (Å²) in [5.74, 6) is -3.21. The maximum absolute atomic E-state index is 15.4. The third-order valence-corrected chi connectivity index (χ3v) is 11.9. The molecule has 0 N–H and O–H groups in total. The van der Waals surface area contributed by atoms with Crippen LogP contribution in [-0.2, 0) is 9.59 Å². The molecule has 6 aromatic rings. The van der Waals surface area contributed by atoms with Crippen molar-refractivity contribution in [1.29, 1.82) is 0 Å². The molecule has 0 atom stereocenters. The molecule has 10 nitrogen and oxygen atoms in total. The Morgan fingerprint density at radius 1 is 0.618 bits per heavy atom. The lowest BCUT2D eigenvalue weighted by Gasteiger charge is -2.35. The van der Waals surface area contributed by atoms with Gasteiger partial charge in [-0.15, -0.1) is 0 Å². The first-order chi connectivity index (χ1) is 32.6. The van der Waals surface area contributed by atoms with E-state index >= 15 is 8.78 Å². The highest BCUT2D eigenvalue weighted by molar-refractivity contribution is 6.66. The first kappa shape index (κ1) is 52.6. The Labute approximate surface area is 398 Å². The summed E-state index contributed by atoms with van der Waals surface area (Å²) in [4.78, 5) is 46.3. The number of anilines is 2. The predicted octanol–water partition coefficient (Wildman–Crippen LogP) is 11.2. The van der Waals surface area contributed by atoms with Crippen molar-refractivity contribution in [3.63, 3.8) is 0 Å². The highest BCUT2D eigenvalue weighted by Crippen LogP contribution is 2.38. The topological polar surface area (TPSA) is 98.7 Å². The Balaban J connectivity index is 0.000000206. The van der Waals surface area contributed by atoms with E-state index in [1.54, 1.807) is 30.9 Å². The molecule has 0 bridgehead atoms. The van der Waals surface area contributed by atoms with Crippen molar-refractivity contribution >= 4 is 56.2 Å². The van der Waals surface area contributed by atoms with Crippen LogP contribution in [0.5, 0.6) is 0 Å². The molecule has 0 spiro atoms. The Hall–Kier alpha value is -6.39. The predicted molar refractivity (Wildman–Crippen MR) is 259 cm³/mol. The number of allylic oxidation sites excluding steroid dienone is 1. The van der Waals surface area contributed by atoms with Crippen LogP contribution in [0.15, 0.2) is 86.5 Å². The summed E-state index contributed by atoms with van der Waals surface area (Å²) in [6.07, 6.45) is 8.27. The largest absolute Gasteiger partial charge is 0.356 e. The van der Waals surface area contributed by atoms with Crippen LogP contribution < -0.4 is 9.80 Å². The van der Waals surface area contributed by atoms with E-state index in [9.17, 15) is 27.2 Å². The minimum Gasteiger partial charge on any atom is -0.356 e. The number of halogens is 7. The van der Waals surface area contributed by atoms with Crippen molar-refractivity contribution in [2.45, 2.75) is 53.9 Å². The minimum absolute atomic E-state index is 0.0231. The number of hydrogen-bond donors (Lipinski definition) is 0. The van der Waals surface area contributed by atoms with E-state index in [1.807, 2.05) is 4.90 Å². The Bertz CT molecular complexity index is 2750. The van der Waals surface area contributed by atoms with Gasteiger partial charge in [-0.3, -0.25) is 9.59 Å². The molecule has 2 saturated heterocycles. The first-order valence-electron chi connectivity index (χ1n) is 22.3. The molecule has 68 heavy (non-hydrogen) atoms. The van der Waals surface area contributed by atoms with Gasteiger partial charge in [0.2, 0.25) is 11.1 Å². The molecule has 0 unspecified atom stereocenters. The summed E-state index contributed by atoms with van der Waals surface area (Å²) in [6, 6.07) is 9.70. The van der Waals surface area contributed by atoms with Crippen LogP contribution in [0.2, 0.25) is 0 Å². The standard InChI is InChI=1S/C22H19F3N4O.C20H18F3N3.C6H15N.C3H3ClO/c1-3-18(30)28-6-8-29(9-7-28)22-16-10-13(2)19(20(25)21(16)26-12-27-22)15-5-4-14(23)11-17(15)24;1-12-9-15-19(24-11-25-20(15)26-7-3-2-4-8-26)18(23)17(12)14-6-5-13(21)10-16(14)22;1-4-7(5-2)6-3;1-2-3(4)5/h3-5,10-12H,1,6-9H2,2H3;5-6,9-11H,2-4,7-8H2,1H3;4-6H2,1-3H3;2H,1H2. The van der Waals surface area contributed by atoms with Crippen molar-refractivity contribution in [3.8, 4) is 22.3 Å². The van der Waals surface area contributed by atoms with Gasteiger partial charge in [0.15, 0.2) is 11.6 Å². The molecule has 0 saturated carbocycles. The molecule has 360 valence electrons. The van der Waals surface area contributed by atoms with Gasteiger partial charge in [0, 0.05) is 84.4 Å². The molecule has 4 aromatic carbocycles. The number of amides is 1. The zero-order valence-corrected chi connectivity index (χ0v) is 39.6. The third kappa shape index (κ3) is 12.6. The maximum atomic E-state index is 15.4. The van der Waals surface area contributed by atoms with E-state index in [1.165, 1.54) is 56.9 Å². The van der Waals surface area contributed by atoms with Gasteiger partial charge in [0.1, 0.15) is 58.6 Å². The zero-order valence-electron chi connectivity index (χ0n) is 38.9. The fourth-order valence-electron chi connectivity index (χ4n) is 8.14. The van der Waals surface area contributed by atoms with Crippen LogP contribution in [-0.4, -0.2) is 99.8 Å². The Kier molecular flexibility index (Phi) is 19.0. The fourth-order valence-corrected chi connectivity index (χ4v) is 8.14. The van der Waals surface area contributed by atoms with Crippen molar-refractivity contribution in [1.82, 2.24) is 29.7 Å². The number of piperidine rings is 1. The van der Waals surface area contributed by atoms with Crippen LogP contribution in [0.4, 0.5) is 38.0 Å². The normalized spacial score (nSPS) is 13.5. The molecule has 4 heterocycles. The number of aromatic nitrogens is 4. The van der Waals surface area contributed by atoms with Gasteiger partial charge in [-0.1, -0.05) is 33.9 Å². The van der Waals surface area contributed by atoms with E-state index in [4.69, 9.17) is 11.6 Å². The molecular weight excluding hydrogens is 906 g/mol. The van der Waals surface area contributed by atoms with Crippen LogP contribution in [0, 0.1) is 48.8 Å². The summed E-state index contributed by atoms with van der Waals surface area (Å²) >= 11 is 4.71. The summed E-state index contributed by atoms with van der Waals surface area (Å²) < 4.78 is 85.7. The van der Waals surface area contributed by atoms with E-state index in [-0.39, 0.29) is 39.2 Å². The first-order valence-corrected chi connectivity index (χ1v) is 22.7. The quantitative estimate of drug-likeness (QED) is 0.0797. The molecule has 8 rings (SSSR count). The fraction of sp³-hybridized carbons (Fsp3) is 0.333. The highest BCUT2D eigenvalue weighted by Gasteiger charge is 2.26. The van der Waals surface area contributed by atoms with Crippen molar-refractivity contribution in [3.05, 3.63) is 133 Å². The Morgan fingerprint density at radius 2 is 1.03 bits per heavy atom. The minimum atomic E-state index is -0.839. The van der Waals surface area contributed by atoms with Crippen LogP contribution in [0.3, 0.4) is 0 Å². The average Bonchev–Trinajstić information content (AvgIpc) is 3.33. The second-order valence-electron chi connectivity index (χ2n) is 15.9. The van der Waals surface area contributed by atoms with Crippen molar-refractivity contribution in [2.75, 3.05) is 68.7 Å². The van der Waals surface area contributed by atoms with E-state index in [0.29, 0.717) is 59.7 Å².